The largest absolute Gasteiger partial charge is 0.481 e. The van der Waals surface area contributed by atoms with E-state index in [0.717, 1.165) is 5.32 Å². The molecule has 1 heterocycles. The first kappa shape index (κ1) is 24.4. The van der Waals surface area contributed by atoms with E-state index in [9.17, 15) is 32.3 Å². The molecule has 0 bridgehead atoms. The van der Waals surface area contributed by atoms with E-state index in [0.29, 0.717) is 5.16 Å². The van der Waals surface area contributed by atoms with Gasteiger partial charge in [0.25, 0.3) is 0 Å². The van der Waals surface area contributed by atoms with Gasteiger partial charge in [-0.2, -0.15) is 13.2 Å². The Balaban J connectivity index is 0.000000511. The molecule has 10 nitrogen and oxygen atoms in total. The first-order valence-electron chi connectivity index (χ1n) is 6.41. The smallest absolute Gasteiger partial charge is 0.471 e. The highest BCUT2D eigenvalue weighted by atomic mass is 35.5. The van der Waals surface area contributed by atoms with Gasteiger partial charge in [0.15, 0.2) is 10.9 Å². The van der Waals surface area contributed by atoms with E-state index in [4.69, 9.17) is 26.9 Å². The lowest BCUT2D eigenvalue weighted by atomic mass is 10.2. The zero-order chi connectivity index (χ0) is 21.4. The number of alkyl halides is 3. The Morgan fingerprint density at radius 3 is 2.19 bits per heavy atom. The molecule has 0 aliphatic heterocycles. The maximum Gasteiger partial charge on any atom is 0.471 e. The maximum absolute atomic E-state index is 11.7. The average Bonchev–Trinajstić information content (AvgIpc) is 2.53. The lowest BCUT2D eigenvalue weighted by molar-refractivity contribution is -0.175. The van der Waals surface area contributed by atoms with Crippen molar-refractivity contribution in [2.45, 2.75) is 23.8 Å². The molecule has 0 aromatic carbocycles. The molecule has 0 unspecified atom stereocenters. The van der Waals surface area contributed by atoms with Crippen LogP contribution in [0.15, 0.2) is 11.4 Å². The molecule has 1 amide bonds. The number of hydrogen-bond donors (Lipinski definition) is 4. The summed E-state index contributed by atoms with van der Waals surface area (Å²) >= 11 is 6.80. The molecular formula is C12H11ClF3N3O7S. The van der Waals surface area contributed by atoms with E-state index in [1.165, 1.54) is 18.0 Å². The van der Waals surface area contributed by atoms with Gasteiger partial charge >= 0.3 is 30.0 Å². The van der Waals surface area contributed by atoms with Crippen molar-refractivity contribution in [2.75, 3.05) is 6.26 Å². The SMILES string of the molecule is CSc1ncc(Cl)c(C(=O)O)n1.O=C(O)C[C@H](NC(=O)C(F)(F)F)C(=O)O. The average molecular weight is 434 g/mol. The van der Waals surface area contributed by atoms with Gasteiger partial charge in [0.05, 0.1) is 17.6 Å². The van der Waals surface area contributed by atoms with Crippen molar-refractivity contribution < 1.29 is 47.7 Å². The minimum absolute atomic E-state index is 0.0558. The molecule has 1 aromatic heterocycles. The number of aliphatic carboxylic acids is 2. The van der Waals surface area contributed by atoms with Crippen LogP contribution in [0.2, 0.25) is 5.02 Å². The van der Waals surface area contributed by atoms with Gasteiger partial charge in [-0.25, -0.2) is 19.6 Å². The van der Waals surface area contributed by atoms with Crippen molar-refractivity contribution in [3.8, 4) is 0 Å². The highest BCUT2D eigenvalue weighted by Crippen LogP contribution is 2.16. The number of carbonyl (C=O) groups is 4. The number of nitrogens with one attached hydrogen (secondary N) is 1. The van der Waals surface area contributed by atoms with Gasteiger partial charge in [-0.1, -0.05) is 23.4 Å². The van der Waals surface area contributed by atoms with E-state index in [2.05, 4.69) is 9.97 Å². The first-order chi connectivity index (χ1) is 12.3. The van der Waals surface area contributed by atoms with Crippen LogP contribution in [0.25, 0.3) is 0 Å². The molecular weight excluding hydrogens is 423 g/mol. The molecule has 150 valence electrons. The van der Waals surface area contributed by atoms with Crippen LogP contribution in [0, 0.1) is 0 Å². The molecule has 0 aliphatic rings. The standard InChI is InChI=1S/C6H5ClN2O2S.C6H6F3NO5/c1-12-6-8-2-3(7)4(9-6)5(10)11;7-6(8,9)5(15)10-2(4(13)14)1-3(11)12/h2H,1H3,(H,10,11);2H,1H2,(H,10,15)(H,11,12)(H,13,14)/t;2-/m.0/s1. The fraction of sp³-hybridized carbons (Fsp3) is 0.333. The molecule has 27 heavy (non-hydrogen) atoms. The Kier molecular flexibility index (Phi) is 9.50. The van der Waals surface area contributed by atoms with E-state index in [1.54, 1.807) is 6.26 Å². The Hall–Kier alpha value is -2.61. The first-order valence-corrected chi connectivity index (χ1v) is 8.02. The summed E-state index contributed by atoms with van der Waals surface area (Å²) in [4.78, 5) is 48.6. The normalized spacial score (nSPS) is 11.6. The van der Waals surface area contributed by atoms with Gasteiger partial charge in [-0.15, -0.1) is 0 Å². The molecule has 15 heteroatoms. The van der Waals surface area contributed by atoms with Crippen molar-refractivity contribution >= 4 is 47.2 Å². The second-order valence-electron chi connectivity index (χ2n) is 4.32. The van der Waals surface area contributed by atoms with Gasteiger partial charge < -0.3 is 20.6 Å². The van der Waals surface area contributed by atoms with Gasteiger partial charge in [0.1, 0.15) is 6.04 Å². The van der Waals surface area contributed by atoms with Crippen molar-refractivity contribution in [1.29, 1.82) is 0 Å². The number of hydrogen-bond acceptors (Lipinski definition) is 7. The molecule has 0 spiro atoms. The summed E-state index contributed by atoms with van der Waals surface area (Å²) in [6.45, 7) is 0. The topological polar surface area (TPSA) is 167 Å². The molecule has 4 N–H and O–H groups in total. The minimum atomic E-state index is -5.24. The van der Waals surface area contributed by atoms with Crippen LogP contribution in [0.1, 0.15) is 16.9 Å². The van der Waals surface area contributed by atoms with Crippen molar-refractivity contribution in [1.82, 2.24) is 15.3 Å². The summed E-state index contributed by atoms with van der Waals surface area (Å²) in [6, 6.07) is -2.10. The van der Waals surface area contributed by atoms with Crippen LogP contribution in [0.4, 0.5) is 13.2 Å². The Labute approximate surface area is 157 Å². The molecule has 0 saturated heterocycles. The quantitative estimate of drug-likeness (QED) is 0.377. The van der Waals surface area contributed by atoms with Crippen LogP contribution >= 0.6 is 23.4 Å². The number of nitrogens with zero attached hydrogens (tertiary/aromatic N) is 2. The summed E-state index contributed by atoms with van der Waals surface area (Å²) in [5.41, 5.74) is -0.156. The van der Waals surface area contributed by atoms with Crippen LogP contribution in [0.3, 0.4) is 0 Å². The number of amides is 1. The lowest BCUT2D eigenvalue weighted by Crippen LogP contribution is -2.47. The number of carboxylic acids is 3. The highest BCUT2D eigenvalue weighted by Gasteiger charge is 2.41. The summed E-state index contributed by atoms with van der Waals surface area (Å²) < 4.78 is 35.0. The van der Waals surface area contributed by atoms with Crippen molar-refractivity contribution in [3.05, 3.63) is 16.9 Å². The molecule has 1 atom stereocenters. The van der Waals surface area contributed by atoms with Gasteiger partial charge in [0, 0.05) is 0 Å². The van der Waals surface area contributed by atoms with Gasteiger partial charge in [-0.05, 0) is 6.26 Å². The Morgan fingerprint density at radius 1 is 1.26 bits per heavy atom. The third kappa shape index (κ3) is 9.05. The third-order valence-corrected chi connectivity index (χ3v) is 3.19. The predicted molar refractivity (Wildman–Crippen MR) is 83.7 cm³/mol. The molecule has 0 radical (unpaired) electrons. The van der Waals surface area contributed by atoms with Crippen LogP contribution in [-0.4, -0.2) is 67.6 Å². The summed E-state index contributed by atoms with van der Waals surface area (Å²) in [6.07, 6.45) is -3.33. The number of carboxylic acid groups (broad SMARTS) is 3. The number of aromatic nitrogens is 2. The second kappa shape index (κ2) is 10.5. The molecule has 0 saturated carbocycles. The van der Waals surface area contributed by atoms with Crippen LogP contribution in [-0.2, 0) is 14.4 Å². The van der Waals surface area contributed by atoms with Gasteiger partial charge in [-0.3, -0.25) is 9.59 Å². The molecule has 1 aromatic rings. The highest BCUT2D eigenvalue weighted by molar-refractivity contribution is 7.98. The van der Waals surface area contributed by atoms with E-state index < -0.39 is 42.5 Å². The number of halogens is 4. The Morgan fingerprint density at radius 2 is 1.81 bits per heavy atom. The second-order valence-corrected chi connectivity index (χ2v) is 5.50. The fourth-order valence-electron chi connectivity index (χ4n) is 1.21. The van der Waals surface area contributed by atoms with Crippen molar-refractivity contribution in [3.63, 3.8) is 0 Å². The molecule has 1 rings (SSSR count). The van der Waals surface area contributed by atoms with E-state index in [-0.39, 0.29) is 10.7 Å². The van der Waals surface area contributed by atoms with Gasteiger partial charge in [0.2, 0.25) is 0 Å². The lowest BCUT2D eigenvalue weighted by Gasteiger charge is -2.13. The summed E-state index contributed by atoms with van der Waals surface area (Å²) in [7, 11) is 0. The molecule has 0 fully saturated rings. The monoisotopic (exact) mass is 433 g/mol. The number of aromatic carboxylic acids is 1. The number of carbonyl (C=O) groups excluding carboxylic acids is 1. The van der Waals surface area contributed by atoms with E-state index >= 15 is 0 Å². The minimum Gasteiger partial charge on any atom is -0.481 e. The Bertz CT molecular complexity index is 733. The van der Waals surface area contributed by atoms with E-state index in [1.807, 2.05) is 0 Å². The van der Waals surface area contributed by atoms with Crippen LogP contribution < -0.4 is 5.32 Å². The zero-order valence-corrected chi connectivity index (χ0v) is 14.7. The zero-order valence-electron chi connectivity index (χ0n) is 13.2. The van der Waals surface area contributed by atoms with Crippen molar-refractivity contribution in [2.24, 2.45) is 0 Å². The molecule has 0 aliphatic carbocycles. The summed E-state index contributed by atoms with van der Waals surface area (Å²) in [5, 5.41) is 26.5. The third-order valence-electron chi connectivity index (χ3n) is 2.35. The number of rotatable bonds is 6. The maximum atomic E-state index is 11.7. The predicted octanol–water partition coefficient (Wildman–Crippen LogP) is 1.14. The van der Waals surface area contributed by atoms with Crippen LogP contribution in [0.5, 0.6) is 0 Å². The summed E-state index contributed by atoms with van der Waals surface area (Å²) in [5.74, 6) is -7.12. The fourth-order valence-corrected chi connectivity index (χ4v) is 1.73. The number of thioether (sulfide) groups is 1.